The number of hydrogen-bond donors (Lipinski definition) is 1. The van der Waals surface area contributed by atoms with Crippen molar-refractivity contribution in [2.45, 2.75) is 82.1 Å². The SMILES string of the molecule is CC1(C)c2ccc(C3CCN(Cc4cnc(N5CCC(c6cc(F)c(C7CCC(=O)NC7=O)c(F)c6)CC5)cn4)CC3)cc2-n2c1nc(=O)c1c(Br)cccc12. The van der Waals surface area contributed by atoms with Gasteiger partial charge in [0.05, 0.1) is 46.0 Å². The molecule has 10 nitrogen and oxygen atoms in total. The van der Waals surface area contributed by atoms with Crippen molar-refractivity contribution in [2.24, 2.45) is 0 Å². The number of amides is 2. The van der Waals surface area contributed by atoms with E-state index in [9.17, 15) is 14.4 Å². The zero-order valence-electron chi connectivity index (χ0n) is 31.3. The molecule has 56 heavy (non-hydrogen) atoms. The van der Waals surface area contributed by atoms with Crippen molar-refractivity contribution in [2.75, 3.05) is 31.1 Å². The van der Waals surface area contributed by atoms with E-state index in [1.807, 2.05) is 30.6 Å². The van der Waals surface area contributed by atoms with Crippen LogP contribution in [-0.4, -0.2) is 62.4 Å². The summed E-state index contributed by atoms with van der Waals surface area (Å²) in [6.07, 6.45) is 7.29. The van der Waals surface area contributed by atoms with Crippen molar-refractivity contribution in [3.8, 4) is 5.69 Å². The minimum atomic E-state index is -1.00. The Hall–Kier alpha value is -4.88. The third kappa shape index (κ3) is 6.42. The van der Waals surface area contributed by atoms with Gasteiger partial charge in [-0.15, -0.1) is 0 Å². The van der Waals surface area contributed by atoms with Gasteiger partial charge in [0, 0.05) is 36.1 Å². The zero-order valence-corrected chi connectivity index (χ0v) is 32.9. The minimum absolute atomic E-state index is 0.0224. The lowest BCUT2D eigenvalue weighted by atomic mass is 9.83. The Morgan fingerprint density at radius 2 is 1.57 bits per heavy atom. The molecule has 1 atom stereocenters. The largest absolute Gasteiger partial charge is 0.355 e. The van der Waals surface area contributed by atoms with Crippen molar-refractivity contribution in [1.82, 2.24) is 29.7 Å². The average molecular weight is 823 g/mol. The Morgan fingerprint density at radius 3 is 2.27 bits per heavy atom. The molecule has 2 amide bonds. The normalized spacial score (nSPS) is 20.3. The Bertz CT molecular complexity index is 2430. The lowest BCUT2D eigenvalue weighted by Crippen LogP contribution is -2.40. The molecule has 1 N–H and O–H groups in total. The van der Waals surface area contributed by atoms with E-state index in [1.165, 1.54) is 23.3 Å². The first-order valence-corrected chi connectivity index (χ1v) is 20.2. The van der Waals surface area contributed by atoms with Gasteiger partial charge in [0.25, 0.3) is 5.56 Å². The van der Waals surface area contributed by atoms with E-state index in [-0.39, 0.29) is 29.9 Å². The second-order valence-corrected chi connectivity index (χ2v) is 17.0. The number of nitrogens with one attached hydrogen (secondary N) is 1. The third-order valence-electron chi connectivity index (χ3n) is 12.5. The van der Waals surface area contributed by atoms with Crippen LogP contribution in [0.5, 0.6) is 0 Å². The summed E-state index contributed by atoms with van der Waals surface area (Å²) in [4.78, 5) is 55.6. The fourth-order valence-electron chi connectivity index (χ4n) is 9.36. The Balaban J connectivity index is 0.810. The highest BCUT2D eigenvalue weighted by Crippen LogP contribution is 2.45. The van der Waals surface area contributed by atoms with Crippen molar-refractivity contribution < 1.29 is 18.4 Å². The molecule has 0 spiro atoms. The molecule has 13 heteroatoms. The smallest absolute Gasteiger partial charge is 0.281 e. The molecule has 0 radical (unpaired) electrons. The summed E-state index contributed by atoms with van der Waals surface area (Å²) in [7, 11) is 0. The number of anilines is 1. The van der Waals surface area contributed by atoms with E-state index in [0.29, 0.717) is 42.8 Å². The number of likely N-dealkylation sites (tertiary alicyclic amines) is 1. The number of fused-ring (bicyclic) bond motifs is 5. The summed E-state index contributed by atoms with van der Waals surface area (Å²) >= 11 is 3.58. The number of piperidine rings is 3. The molecule has 2 aromatic heterocycles. The van der Waals surface area contributed by atoms with Gasteiger partial charge in [-0.3, -0.25) is 34.2 Å². The summed E-state index contributed by atoms with van der Waals surface area (Å²) in [5.74, 6) is -1.58. The first-order chi connectivity index (χ1) is 27.0. The van der Waals surface area contributed by atoms with Crippen LogP contribution in [0.2, 0.25) is 0 Å². The van der Waals surface area contributed by atoms with Crippen LogP contribution in [0, 0.1) is 11.6 Å². The minimum Gasteiger partial charge on any atom is -0.355 e. The highest BCUT2D eigenvalue weighted by molar-refractivity contribution is 9.10. The second kappa shape index (κ2) is 14.3. The summed E-state index contributed by atoms with van der Waals surface area (Å²) < 4.78 is 33.3. The van der Waals surface area contributed by atoms with Crippen molar-refractivity contribution >= 4 is 44.5 Å². The maximum atomic E-state index is 15.2. The summed E-state index contributed by atoms with van der Waals surface area (Å²) in [5.41, 5.74) is 5.09. The molecule has 0 aliphatic carbocycles. The lowest BCUT2D eigenvalue weighted by molar-refractivity contribution is -0.134. The van der Waals surface area contributed by atoms with Gasteiger partial charge in [-0.05, 0) is 134 Å². The summed E-state index contributed by atoms with van der Waals surface area (Å²) in [6, 6.07) is 15.4. The van der Waals surface area contributed by atoms with Crippen molar-refractivity contribution in [1.29, 1.82) is 0 Å². The van der Waals surface area contributed by atoms with Crippen molar-refractivity contribution in [3.63, 3.8) is 0 Å². The number of nitrogens with zero attached hydrogens (tertiary/aromatic N) is 6. The highest BCUT2D eigenvalue weighted by atomic mass is 79.9. The van der Waals surface area contributed by atoms with Gasteiger partial charge in [0.2, 0.25) is 11.8 Å². The van der Waals surface area contributed by atoms with Crippen molar-refractivity contribution in [3.05, 3.63) is 121 Å². The van der Waals surface area contributed by atoms with Crippen LogP contribution in [0.1, 0.15) is 104 Å². The third-order valence-corrected chi connectivity index (χ3v) is 13.1. The van der Waals surface area contributed by atoms with Crippen LogP contribution < -0.4 is 15.8 Å². The first kappa shape index (κ1) is 36.7. The zero-order chi connectivity index (χ0) is 38.9. The van der Waals surface area contributed by atoms with E-state index >= 15 is 8.78 Å². The van der Waals surface area contributed by atoms with Crippen LogP contribution >= 0.6 is 15.9 Å². The fraction of sp³-hybridized carbons (Fsp3) is 0.395. The fourth-order valence-corrected chi connectivity index (χ4v) is 9.88. The highest BCUT2D eigenvalue weighted by Gasteiger charge is 2.39. The van der Waals surface area contributed by atoms with Crippen LogP contribution in [0.4, 0.5) is 14.6 Å². The monoisotopic (exact) mass is 821 g/mol. The molecule has 3 fully saturated rings. The number of benzene rings is 3. The first-order valence-electron chi connectivity index (χ1n) is 19.4. The summed E-state index contributed by atoms with van der Waals surface area (Å²) in [5, 5.41) is 2.79. The van der Waals surface area contributed by atoms with E-state index in [1.54, 1.807) is 0 Å². The molecule has 288 valence electrons. The molecule has 5 aromatic rings. The van der Waals surface area contributed by atoms with Gasteiger partial charge in [0.15, 0.2) is 0 Å². The number of rotatable bonds is 6. The van der Waals surface area contributed by atoms with E-state index in [0.717, 1.165) is 65.5 Å². The van der Waals surface area contributed by atoms with Crippen LogP contribution in [-0.2, 0) is 21.5 Å². The van der Waals surface area contributed by atoms with Crippen LogP contribution in [0.25, 0.3) is 16.6 Å². The van der Waals surface area contributed by atoms with Gasteiger partial charge in [0.1, 0.15) is 23.3 Å². The quantitative estimate of drug-likeness (QED) is 0.180. The maximum Gasteiger partial charge on any atom is 0.281 e. The molecule has 3 aromatic carbocycles. The van der Waals surface area contributed by atoms with Gasteiger partial charge >= 0.3 is 0 Å². The Kier molecular flexibility index (Phi) is 9.35. The molecule has 1 unspecified atom stereocenters. The molecule has 9 rings (SSSR count). The average Bonchev–Trinajstić information content (AvgIpc) is 3.41. The second-order valence-electron chi connectivity index (χ2n) is 16.2. The molecule has 6 heterocycles. The molecule has 4 aliphatic heterocycles. The molecular weight excluding hydrogens is 780 g/mol. The standard InChI is InChI=1S/C43H42BrF2N7O3/c1-43(2)30-8-6-26(20-35(30)53-34-5-3-4-31(44)39(34)41(56)50-42(43)53)24-10-14-51(15-11-24)23-28-21-48-36(22-47-28)52-16-12-25(13-17-52)27-18-32(45)38(33(46)19-27)29-7-9-37(54)49-40(29)55/h3-6,8,18-22,24-25,29H,7,9-17,23H2,1-2H3,(H,49,54,55). The Morgan fingerprint density at radius 1 is 0.857 bits per heavy atom. The van der Waals surface area contributed by atoms with Gasteiger partial charge < -0.3 is 4.90 Å². The van der Waals surface area contributed by atoms with Gasteiger partial charge in [-0.1, -0.05) is 18.2 Å². The Labute approximate surface area is 331 Å². The predicted octanol–water partition coefficient (Wildman–Crippen LogP) is 7.14. The lowest BCUT2D eigenvalue weighted by Gasteiger charge is -2.33. The molecule has 0 bridgehead atoms. The predicted molar refractivity (Wildman–Crippen MR) is 212 cm³/mol. The molecular formula is C43H42BrF2N7O3. The topological polar surface area (TPSA) is 113 Å². The number of carbonyl (C=O) groups is 2. The number of halogens is 3. The van der Waals surface area contributed by atoms with E-state index in [2.05, 4.69) is 72.6 Å². The summed E-state index contributed by atoms with van der Waals surface area (Å²) in [6.45, 7) is 8.25. The molecule has 4 aliphatic rings. The van der Waals surface area contributed by atoms with Gasteiger partial charge in [-0.25, -0.2) is 13.8 Å². The number of aromatic nitrogens is 4. The number of hydrogen-bond acceptors (Lipinski definition) is 8. The van der Waals surface area contributed by atoms with Gasteiger partial charge in [-0.2, -0.15) is 4.98 Å². The van der Waals surface area contributed by atoms with Crippen LogP contribution in [0.15, 0.2) is 70.2 Å². The maximum absolute atomic E-state index is 15.2. The van der Waals surface area contributed by atoms with E-state index in [4.69, 9.17) is 9.97 Å². The molecule has 3 saturated heterocycles. The molecule has 0 saturated carbocycles. The number of carbonyl (C=O) groups excluding carboxylic acids is 2. The van der Waals surface area contributed by atoms with Crippen LogP contribution in [0.3, 0.4) is 0 Å². The van der Waals surface area contributed by atoms with E-state index < -0.39 is 34.8 Å². The number of imide groups is 1.